The Bertz CT molecular complexity index is 639. The molecule has 0 spiro atoms. The molecule has 0 bridgehead atoms. The molecule has 0 aromatic carbocycles. The van der Waals surface area contributed by atoms with Crippen molar-refractivity contribution >= 4 is 5.91 Å². The van der Waals surface area contributed by atoms with Gasteiger partial charge in [0.05, 0.1) is 0 Å². The highest BCUT2D eigenvalue weighted by Crippen LogP contribution is 2.30. The number of carbonyl (C=O) groups excluding carboxylic acids is 1. The summed E-state index contributed by atoms with van der Waals surface area (Å²) in [6, 6.07) is 0.595. The molecule has 3 aliphatic rings. The molecule has 1 aliphatic carbocycles. The van der Waals surface area contributed by atoms with Crippen LogP contribution in [0.5, 0.6) is 0 Å². The van der Waals surface area contributed by atoms with Crippen molar-refractivity contribution in [3.63, 3.8) is 0 Å². The molecule has 0 N–H and O–H groups in total. The fourth-order valence-electron chi connectivity index (χ4n) is 5.30. The second kappa shape index (κ2) is 8.76. The fourth-order valence-corrected chi connectivity index (χ4v) is 5.30. The van der Waals surface area contributed by atoms with Crippen LogP contribution >= 0.6 is 0 Å². The highest BCUT2D eigenvalue weighted by Gasteiger charge is 2.33. The average molecular weight is 373 g/mol. The van der Waals surface area contributed by atoms with Gasteiger partial charge in [0.25, 0.3) is 5.91 Å². The first kappa shape index (κ1) is 19.0. The first-order valence-corrected chi connectivity index (χ1v) is 11.4. The van der Waals surface area contributed by atoms with Crippen molar-refractivity contribution in [2.45, 2.75) is 90.1 Å². The Kier molecular flexibility index (Phi) is 6.16. The van der Waals surface area contributed by atoms with Crippen LogP contribution in [0.2, 0.25) is 0 Å². The molecule has 1 atom stereocenters. The van der Waals surface area contributed by atoms with Crippen molar-refractivity contribution in [3.05, 3.63) is 17.0 Å². The van der Waals surface area contributed by atoms with Crippen molar-refractivity contribution in [2.24, 2.45) is 0 Å². The topological polar surface area (TPSA) is 41.4 Å². The van der Waals surface area contributed by atoms with Gasteiger partial charge in [-0.05, 0) is 71.4 Å². The lowest BCUT2D eigenvalue weighted by Gasteiger charge is -2.36. The van der Waals surface area contributed by atoms with Crippen molar-refractivity contribution in [1.29, 1.82) is 0 Å². The maximum atomic E-state index is 13.2. The number of hydrogen-bond acceptors (Lipinski definition) is 3. The smallest absolute Gasteiger partial charge is 0.274 e. The van der Waals surface area contributed by atoms with E-state index in [1.807, 2.05) is 4.90 Å². The average Bonchev–Trinajstić information content (AvgIpc) is 3.06. The predicted molar refractivity (Wildman–Crippen MR) is 108 cm³/mol. The van der Waals surface area contributed by atoms with E-state index in [-0.39, 0.29) is 5.91 Å². The van der Waals surface area contributed by atoms with E-state index in [9.17, 15) is 4.79 Å². The summed E-state index contributed by atoms with van der Waals surface area (Å²) in [4.78, 5) is 18.0. The zero-order valence-electron chi connectivity index (χ0n) is 17.1. The van der Waals surface area contributed by atoms with Crippen molar-refractivity contribution in [2.75, 3.05) is 26.2 Å². The molecule has 1 aromatic heterocycles. The number of fused-ring (bicyclic) bond motifs is 1. The van der Waals surface area contributed by atoms with Gasteiger partial charge in [-0.3, -0.25) is 9.48 Å². The number of nitrogens with zero attached hydrogens (tertiary/aromatic N) is 4. The number of carbonyl (C=O) groups is 1. The van der Waals surface area contributed by atoms with Crippen molar-refractivity contribution < 1.29 is 4.79 Å². The summed E-state index contributed by atoms with van der Waals surface area (Å²) in [5, 5.41) is 4.81. The number of hydrogen-bond donors (Lipinski definition) is 0. The first-order valence-electron chi connectivity index (χ1n) is 11.4. The summed E-state index contributed by atoms with van der Waals surface area (Å²) >= 11 is 0. The van der Waals surface area contributed by atoms with Crippen LogP contribution in [0.4, 0.5) is 0 Å². The highest BCUT2D eigenvalue weighted by atomic mass is 16.2. The minimum atomic E-state index is 0.187. The third kappa shape index (κ3) is 4.08. The van der Waals surface area contributed by atoms with Gasteiger partial charge in [-0.2, -0.15) is 5.10 Å². The lowest BCUT2D eigenvalue weighted by molar-refractivity contribution is 0.0715. The molecule has 1 amide bonds. The SMILES string of the molecule is CCn1nc(C(=O)N2CCCCC2)c2c1CCC(N1CCCCCCC1)C2. The maximum absolute atomic E-state index is 13.2. The summed E-state index contributed by atoms with van der Waals surface area (Å²) in [7, 11) is 0. The van der Waals surface area contributed by atoms with Gasteiger partial charge in [-0.25, -0.2) is 0 Å². The molecule has 1 unspecified atom stereocenters. The molecule has 5 nitrogen and oxygen atoms in total. The van der Waals surface area contributed by atoms with E-state index in [0.29, 0.717) is 6.04 Å². The summed E-state index contributed by atoms with van der Waals surface area (Å²) in [6.07, 6.45) is 13.7. The number of rotatable bonds is 3. The van der Waals surface area contributed by atoms with E-state index >= 15 is 0 Å². The van der Waals surface area contributed by atoms with Gasteiger partial charge in [0.1, 0.15) is 0 Å². The number of aromatic nitrogens is 2. The molecule has 2 aliphatic heterocycles. The Morgan fingerprint density at radius 3 is 2.30 bits per heavy atom. The van der Waals surface area contributed by atoms with Crippen LogP contribution in [-0.2, 0) is 19.4 Å². The van der Waals surface area contributed by atoms with E-state index in [1.165, 1.54) is 69.3 Å². The molecule has 2 fully saturated rings. The summed E-state index contributed by atoms with van der Waals surface area (Å²) in [6.45, 7) is 7.29. The molecule has 150 valence electrons. The van der Waals surface area contributed by atoms with Crippen LogP contribution in [0, 0.1) is 0 Å². The molecule has 3 heterocycles. The van der Waals surface area contributed by atoms with Gasteiger partial charge < -0.3 is 9.80 Å². The Morgan fingerprint density at radius 2 is 1.59 bits per heavy atom. The zero-order chi connectivity index (χ0) is 18.6. The maximum Gasteiger partial charge on any atom is 0.274 e. The summed E-state index contributed by atoms with van der Waals surface area (Å²) in [5.41, 5.74) is 3.37. The Hall–Kier alpha value is -1.36. The Labute approximate surface area is 164 Å². The summed E-state index contributed by atoms with van der Waals surface area (Å²) in [5.74, 6) is 0.187. The second-order valence-electron chi connectivity index (χ2n) is 8.64. The predicted octanol–water partition coefficient (Wildman–Crippen LogP) is 3.65. The molecular formula is C22H36N4O. The van der Waals surface area contributed by atoms with Gasteiger partial charge in [-0.15, -0.1) is 0 Å². The van der Waals surface area contributed by atoms with Crippen molar-refractivity contribution in [3.8, 4) is 0 Å². The zero-order valence-corrected chi connectivity index (χ0v) is 17.1. The monoisotopic (exact) mass is 372 g/mol. The minimum Gasteiger partial charge on any atom is -0.337 e. The van der Waals surface area contributed by atoms with E-state index in [2.05, 4.69) is 16.5 Å². The lowest BCUT2D eigenvalue weighted by atomic mass is 9.89. The van der Waals surface area contributed by atoms with E-state index < -0.39 is 0 Å². The van der Waals surface area contributed by atoms with Gasteiger partial charge >= 0.3 is 0 Å². The molecule has 5 heteroatoms. The van der Waals surface area contributed by atoms with E-state index in [1.54, 1.807) is 0 Å². The number of aryl methyl sites for hydroxylation is 1. The van der Waals surface area contributed by atoms with Gasteiger partial charge in [-0.1, -0.05) is 19.3 Å². The third-order valence-electron chi connectivity index (χ3n) is 6.87. The van der Waals surface area contributed by atoms with Crippen LogP contribution in [-0.4, -0.2) is 57.7 Å². The third-order valence-corrected chi connectivity index (χ3v) is 6.87. The van der Waals surface area contributed by atoms with Gasteiger partial charge in [0.15, 0.2) is 5.69 Å². The van der Waals surface area contributed by atoms with Crippen LogP contribution in [0.1, 0.15) is 86.5 Å². The molecular weight excluding hydrogens is 336 g/mol. The number of likely N-dealkylation sites (tertiary alicyclic amines) is 2. The quantitative estimate of drug-likeness (QED) is 0.813. The Morgan fingerprint density at radius 1 is 0.963 bits per heavy atom. The van der Waals surface area contributed by atoms with Crippen LogP contribution in [0.15, 0.2) is 0 Å². The van der Waals surface area contributed by atoms with E-state index in [0.717, 1.165) is 51.0 Å². The fraction of sp³-hybridized carbons (Fsp3) is 0.818. The molecule has 0 radical (unpaired) electrons. The summed E-state index contributed by atoms with van der Waals surface area (Å²) < 4.78 is 2.11. The lowest BCUT2D eigenvalue weighted by Crippen LogP contribution is -2.42. The number of amides is 1. The molecule has 0 saturated carbocycles. The normalized spacial score (nSPS) is 24.9. The van der Waals surface area contributed by atoms with Gasteiger partial charge in [0, 0.05) is 36.9 Å². The van der Waals surface area contributed by atoms with Crippen LogP contribution < -0.4 is 0 Å². The molecule has 1 aromatic rings. The first-order chi connectivity index (χ1) is 13.3. The highest BCUT2D eigenvalue weighted by molar-refractivity contribution is 5.94. The molecule has 2 saturated heterocycles. The van der Waals surface area contributed by atoms with Crippen LogP contribution in [0.3, 0.4) is 0 Å². The standard InChI is InChI=1S/C22H36N4O/c1-2-26-20-12-11-18(24-13-7-4-3-5-8-14-24)17-19(20)21(23-26)22(27)25-15-9-6-10-16-25/h18H,2-17H2,1H3. The van der Waals surface area contributed by atoms with Crippen LogP contribution in [0.25, 0.3) is 0 Å². The second-order valence-corrected chi connectivity index (χ2v) is 8.64. The number of piperidine rings is 1. The van der Waals surface area contributed by atoms with Crippen molar-refractivity contribution in [1.82, 2.24) is 19.6 Å². The van der Waals surface area contributed by atoms with Gasteiger partial charge in [0.2, 0.25) is 0 Å². The minimum absolute atomic E-state index is 0.187. The largest absolute Gasteiger partial charge is 0.337 e. The molecule has 4 rings (SSSR count). The van der Waals surface area contributed by atoms with E-state index in [4.69, 9.17) is 5.10 Å². The molecule has 27 heavy (non-hydrogen) atoms. The Balaban J connectivity index is 1.55.